The van der Waals surface area contributed by atoms with Gasteiger partial charge in [0.1, 0.15) is 11.1 Å². The quantitative estimate of drug-likeness (QED) is 0.826. The summed E-state index contributed by atoms with van der Waals surface area (Å²) >= 11 is 2.87. The summed E-state index contributed by atoms with van der Waals surface area (Å²) in [6.07, 6.45) is -3.58. The largest absolute Gasteiger partial charge is 0.575 e. The molecule has 1 rings (SSSR count). The fourth-order valence-electron chi connectivity index (χ4n) is 0.743. The van der Waals surface area contributed by atoms with E-state index in [0.29, 0.717) is 0 Å². The van der Waals surface area contributed by atoms with E-state index in [-0.39, 0.29) is 11.1 Å². The molecule has 0 radical (unpaired) electrons. The Balaban J connectivity index is 2.91. The SMILES string of the molecule is N#CCn1cc(Br)nc1OC(F)(F)F. The molecule has 0 aliphatic rings. The molecule has 1 aromatic rings. The van der Waals surface area contributed by atoms with Crippen LogP contribution in [0.2, 0.25) is 0 Å². The molecule has 0 aliphatic carbocycles. The summed E-state index contributed by atoms with van der Waals surface area (Å²) in [6, 6.07) is 1.02. The maximum atomic E-state index is 11.8. The van der Waals surface area contributed by atoms with Gasteiger partial charge in [0.05, 0.1) is 6.07 Å². The second kappa shape index (κ2) is 3.88. The number of ether oxygens (including phenoxy) is 1. The zero-order chi connectivity index (χ0) is 10.8. The first-order valence-corrected chi connectivity index (χ1v) is 4.07. The molecule has 0 saturated carbocycles. The summed E-state index contributed by atoms with van der Waals surface area (Å²) in [6.45, 7) is -0.260. The third-order valence-electron chi connectivity index (χ3n) is 1.16. The monoisotopic (exact) mass is 269 g/mol. The number of imidazole rings is 1. The summed E-state index contributed by atoms with van der Waals surface area (Å²) in [4.78, 5) is 3.40. The Morgan fingerprint density at radius 2 is 2.29 bits per heavy atom. The average Bonchev–Trinajstić information content (AvgIpc) is 2.28. The van der Waals surface area contributed by atoms with Crippen LogP contribution in [0.4, 0.5) is 13.2 Å². The van der Waals surface area contributed by atoms with Crippen LogP contribution in [0.15, 0.2) is 10.8 Å². The van der Waals surface area contributed by atoms with Crippen LogP contribution in [0.25, 0.3) is 0 Å². The van der Waals surface area contributed by atoms with Gasteiger partial charge in [0.15, 0.2) is 0 Å². The zero-order valence-electron chi connectivity index (χ0n) is 6.55. The molecule has 0 aliphatic heterocycles. The first-order valence-electron chi connectivity index (χ1n) is 3.28. The number of alkyl halides is 3. The van der Waals surface area contributed by atoms with Gasteiger partial charge in [-0.3, -0.25) is 4.57 Å². The van der Waals surface area contributed by atoms with Crippen LogP contribution in [-0.2, 0) is 6.54 Å². The van der Waals surface area contributed by atoms with E-state index in [9.17, 15) is 13.2 Å². The molecular formula is C6H3BrF3N3O. The van der Waals surface area contributed by atoms with Gasteiger partial charge in [-0.25, -0.2) is 0 Å². The van der Waals surface area contributed by atoms with Gasteiger partial charge in [-0.2, -0.15) is 10.2 Å². The Morgan fingerprint density at radius 1 is 1.64 bits per heavy atom. The van der Waals surface area contributed by atoms with Gasteiger partial charge in [0.2, 0.25) is 0 Å². The van der Waals surface area contributed by atoms with Crippen molar-refractivity contribution in [2.24, 2.45) is 0 Å². The first-order chi connectivity index (χ1) is 6.42. The van der Waals surface area contributed by atoms with Crippen LogP contribution in [0, 0.1) is 11.3 Å². The van der Waals surface area contributed by atoms with E-state index in [4.69, 9.17) is 5.26 Å². The maximum Gasteiger partial charge on any atom is 0.575 e. The lowest BCUT2D eigenvalue weighted by atomic mass is 10.7. The first kappa shape index (κ1) is 10.8. The second-order valence-electron chi connectivity index (χ2n) is 2.18. The van der Waals surface area contributed by atoms with Gasteiger partial charge in [-0.15, -0.1) is 13.2 Å². The molecule has 0 amide bonds. The third kappa shape index (κ3) is 2.92. The molecule has 1 aromatic heterocycles. The summed E-state index contributed by atoms with van der Waals surface area (Å²) in [5.41, 5.74) is 0. The summed E-state index contributed by atoms with van der Waals surface area (Å²) < 4.78 is 40.1. The highest BCUT2D eigenvalue weighted by molar-refractivity contribution is 9.10. The predicted octanol–water partition coefficient (Wildman–Crippen LogP) is 2.07. The lowest BCUT2D eigenvalue weighted by Gasteiger charge is -2.07. The van der Waals surface area contributed by atoms with Crippen molar-refractivity contribution in [1.29, 1.82) is 5.26 Å². The van der Waals surface area contributed by atoms with Crippen molar-refractivity contribution in [2.75, 3.05) is 0 Å². The molecule has 0 bridgehead atoms. The van der Waals surface area contributed by atoms with Gasteiger partial charge >= 0.3 is 12.4 Å². The molecule has 0 N–H and O–H groups in total. The van der Waals surface area contributed by atoms with Gasteiger partial charge in [0.25, 0.3) is 0 Å². The highest BCUT2D eigenvalue weighted by atomic mass is 79.9. The van der Waals surface area contributed by atoms with Crippen LogP contribution in [0.5, 0.6) is 6.01 Å². The van der Waals surface area contributed by atoms with Crippen molar-refractivity contribution in [3.8, 4) is 12.1 Å². The maximum absolute atomic E-state index is 11.8. The predicted molar refractivity (Wildman–Crippen MR) is 42.2 cm³/mol. The number of halogens is 4. The number of rotatable bonds is 2. The molecule has 1 heterocycles. The Bertz CT molecular complexity index is 367. The lowest BCUT2D eigenvalue weighted by molar-refractivity contribution is -0.278. The van der Waals surface area contributed by atoms with Gasteiger partial charge in [0, 0.05) is 6.20 Å². The van der Waals surface area contributed by atoms with Crippen molar-refractivity contribution in [3.63, 3.8) is 0 Å². The number of hydrogen-bond donors (Lipinski definition) is 0. The van der Waals surface area contributed by atoms with E-state index in [1.807, 2.05) is 0 Å². The molecule has 4 nitrogen and oxygen atoms in total. The number of nitriles is 1. The average molecular weight is 270 g/mol. The van der Waals surface area contributed by atoms with Crippen LogP contribution in [0.1, 0.15) is 0 Å². The van der Waals surface area contributed by atoms with Crippen molar-refractivity contribution < 1.29 is 17.9 Å². The number of nitrogens with zero attached hydrogens (tertiary/aromatic N) is 3. The normalized spacial score (nSPS) is 11.1. The van der Waals surface area contributed by atoms with E-state index in [2.05, 4.69) is 25.7 Å². The van der Waals surface area contributed by atoms with E-state index in [1.165, 1.54) is 6.20 Å². The van der Waals surface area contributed by atoms with Crippen LogP contribution in [-0.4, -0.2) is 15.9 Å². The molecule has 0 spiro atoms. The minimum Gasteiger partial charge on any atom is -0.372 e. The van der Waals surface area contributed by atoms with E-state index >= 15 is 0 Å². The second-order valence-corrected chi connectivity index (χ2v) is 2.99. The Labute approximate surface area is 85.0 Å². The molecule has 0 fully saturated rings. The topological polar surface area (TPSA) is 50.8 Å². The van der Waals surface area contributed by atoms with Crippen LogP contribution < -0.4 is 4.74 Å². The summed E-state index contributed by atoms with van der Waals surface area (Å²) in [5.74, 6) is 0. The number of hydrogen-bond acceptors (Lipinski definition) is 3. The molecule has 8 heteroatoms. The summed E-state index contributed by atoms with van der Waals surface area (Å²) in [7, 11) is 0. The Morgan fingerprint density at radius 3 is 2.79 bits per heavy atom. The van der Waals surface area contributed by atoms with Crippen molar-refractivity contribution in [1.82, 2.24) is 9.55 Å². The molecule has 76 valence electrons. The molecular weight excluding hydrogens is 267 g/mol. The minimum atomic E-state index is -4.81. The van der Waals surface area contributed by atoms with Crippen molar-refractivity contribution in [3.05, 3.63) is 10.8 Å². The highest BCUT2D eigenvalue weighted by Gasteiger charge is 2.33. The summed E-state index contributed by atoms with van der Waals surface area (Å²) in [5, 5.41) is 8.30. The van der Waals surface area contributed by atoms with Crippen LogP contribution >= 0.6 is 15.9 Å². The zero-order valence-corrected chi connectivity index (χ0v) is 8.13. The fourth-order valence-corrected chi connectivity index (χ4v) is 1.14. The standard InChI is InChI=1S/C6H3BrF3N3O/c7-4-3-13(2-1-11)5(12-4)14-6(8,9)10/h3H,2H2. The fraction of sp³-hybridized carbons (Fsp3) is 0.333. The Hall–Kier alpha value is -1.23. The van der Waals surface area contributed by atoms with E-state index in [1.54, 1.807) is 6.07 Å². The van der Waals surface area contributed by atoms with E-state index in [0.717, 1.165) is 4.57 Å². The molecule has 14 heavy (non-hydrogen) atoms. The highest BCUT2D eigenvalue weighted by Crippen LogP contribution is 2.23. The molecule has 0 saturated heterocycles. The van der Waals surface area contributed by atoms with Gasteiger partial charge < -0.3 is 4.74 Å². The molecule has 0 aromatic carbocycles. The van der Waals surface area contributed by atoms with E-state index < -0.39 is 12.4 Å². The van der Waals surface area contributed by atoms with Crippen molar-refractivity contribution >= 4 is 15.9 Å². The third-order valence-corrected chi connectivity index (χ3v) is 1.54. The Kier molecular flexibility index (Phi) is 3.00. The number of aromatic nitrogens is 2. The van der Waals surface area contributed by atoms with Gasteiger partial charge in [-0.05, 0) is 15.9 Å². The smallest absolute Gasteiger partial charge is 0.372 e. The van der Waals surface area contributed by atoms with Crippen LogP contribution in [0.3, 0.4) is 0 Å². The van der Waals surface area contributed by atoms with Crippen molar-refractivity contribution in [2.45, 2.75) is 12.9 Å². The molecule has 0 atom stereocenters. The van der Waals surface area contributed by atoms with Gasteiger partial charge in [-0.1, -0.05) is 0 Å². The lowest BCUT2D eigenvalue weighted by Crippen LogP contribution is -2.19. The molecule has 0 unspecified atom stereocenters. The minimum absolute atomic E-state index is 0.173.